The van der Waals surface area contributed by atoms with Crippen LogP contribution >= 0.6 is 11.8 Å². The van der Waals surface area contributed by atoms with Crippen molar-refractivity contribution in [3.05, 3.63) is 0 Å². The lowest BCUT2D eigenvalue weighted by atomic mass is 10.2. The van der Waals surface area contributed by atoms with E-state index in [9.17, 15) is 9.90 Å². The van der Waals surface area contributed by atoms with E-state index in [-0.39, 0.29) is 11.9 Å². The minimum Gasteiger partial charge on any atom is -0.391 e. The molecule has 1 amide bonds. The third kappa shape index (κ3) is 3.86. The minimum atomic E-state index is -0.405. The Morgan fingerprint density at radius 3 is 3.14 bits per heavy atom. The number of rotatable bonds is 5. The van der Waals surface area contributed by atoms with Gasteiger partial charge in [0.05, 0.1) is 12.1 Å². The Morgan fingerprint density at radius 2 is 2.57 bits per heavy atom. The number of aliphatic hydroxyl groups excluding tert-OH is 1. The standard InChI is InChI=1S/C9H18N2O2S/c1-2-3-7(12)4-10-9(13)8-5-14-6-11-8/h7-8,11-12H,2-6H2,1H3,(H,10,13). The van der Waals surface area contributed by atoms with Crippen LogP contribution in [0.25, 0.3) is 0 Å². The van der Waals surface area contributed by atoms with Gasteiger partial charge in [-0.05, 0) is 6.42 Å². The van der Waals surface area contributed by atoms with E-state index in [1.165, 1.54) is 0 Å². The Bertz CT molecular complexity index is 184. The first-order valence-corrected chi connectivity index (χ1v) is 6.16. The van der Waals surface area contributed by atoms with Gasteiger partial charge in [0, 0.05) is 18.2 Å². The molecule has 2 unspecified atom stereocenters. The second kappa shape index (κ2) is 6.27. The average molecular weight is 218 g/mol. The number of hydrogen-bond donors (Lipinski definition) is 3. The van der Waals surface area contributed by atoms with E-state index >= 15 is 0 Å². The lowest BCUT2D eigenvalue weighted by molar-refractivity contribution is -0.122. The van der Waals surface area contributed by atoms with Gasteiger partial charge < -0.3 is 10.4 Å². The Balaban J connectivity index is 2.13. The van der Waals surface area contributed by atoms with Crippen LogP contribution in [0.15, 0.2) is 0 Å². The van der Waals surface area contributed by atoms with Crippen molar-refractivity contribution < 1.29 is 9.90 Å². The van der Waals surface area contributed by atoms with Crippen LogP contribution < -0.4 is 10.6 Å². The van der Waals surface area contributed by atoms with Crippen molar-refractivity contribution in [2.45, 2.75) is 31.9 Å². The van der Waals surface area contributed by atoms with Gasteiger partial charge >= 0.3 is 0 Å². The minimum absolute atomic E-state index is 0.00477. The monoisotopic (exact) mass is 218 g/mol. The van der Waals surface area contributed by atoms with Crippen LogP contribution in [0.4, 0.5) is 0 Å². The highest BCUT2D eigenvalue weighted by atomic mass is 32.2. The Kier molecular flexibility index (Phi) is 5.29. The number of aliphatic hydroxyl groups is 1. The van der Waals surface area contributed by atoms with Gasteiger partial charge in [0.25, 0.3) is 0 Å². The highest BCUT2D eigenvalue weighted by Crippen LogP contribution is 2.09. The van der Waals surface area contributed by atoms with E-state index in [0.717, 1.165) is 24.5 Å². The molecule has 1 rings (SSSR count). The predicted molar refractivity (Wildman–Crippen MR) is 58.2 cm³/mol. The van der Waals surface area contributed by atoms with Crippen molar-refractivity contribution >= 4 is 17.7 Å². The fourth-order valence-electron chi connectivity index (χ4n) is 1.34. The topological polar surface area (TPSA) is 61.4 Å². The lowest BCUT2D eigenvalue weighted by Gasteiger charge is -2.13. The van der Waals surface area contributed by atoms with Crippen LogP contribution in [-0.4, -0.2) is 41.3 Å². The predicted octanol–water partition coefficient (Wildman–Crippen LogP) is -0.0739. The van der Waals surface area contributed by atoms with Crippen molar-refractivity contribution in [1.82, 2.24) is 10.6 Å². The molecule has 1 fully saturated rings. The number of carbonyl (C=O) groups excluding carboxylic acids is 1. The highest BCUT2D eigenvalue weighted by molar-refractivity contribution is 7.99. The maximum Gasteiger partial charge on any atom is 0.238 e. The zero-order valence-electron chi connectivity index (χ0n) is 8.45. The molecular formula is C9H18N2O2S. The molecule has 1 aliphatic heterocycles. The van der Waals surface area contributed by atoms with Gasteiger partial charge in [-0.3, -0.25) is 10.1 Å². The molecule has 0 aromatic rings. The van der Waals surface area contributed by atoms with Crippen LogP contribution in [0, 0.1) is 0 Å². The molecule has 0 bridgehead atoms. The van der Waals surface area contributed by atoms with Crippen LogP contribution in [0.3, 0.4) is 0 Å². The van der Waals surface area contributed by atoms with E-state index in [0.29, 0.717) is 6.54 Å². The number of nitrogens with one attached hydrogen (secondary N) is 2. The summed E-state index contributed by atoms with van der Waals surface area (Å²) in [6.45, 7) is 2.38. The van der Waals surface area contributed by atoms with Gasteiger partial charge in [-0.2, -0.15) is 0 Å². The van der Waals surface area contributed by atoms with Crippen LogP contribution in [0.2, 0.25) is 0 Å². The van der Waals surface area contributed by atoms with E-state index in [4.69, 9.17) is 0 Å². The van der Waals surface area contributed by atoms with Gasteiger partial charge in [-0.1, -0.05) is 13.3 Å². The van der Waals surface area contributed by atoms with Crippen LogP contribution in [0.5, 0.6) is 0 Å². The molecule has 0 aromatic carbocycles. The quantitative estimate of drug-likeness (QED) is 0.604. The summed E-state index contributed by atoms with van der Waals surface area (Å²) in [5.74, 6) is 1.68. The third-order valence-electron chi connectivity index (χ3n) is 2.17. The van der Waals surface area contributed by atoms with Crippen molar-refractivity contribution in [2.75, 3.05) is 18.2 Å². The van der Waals surface area contributed by atoms with Crippen molar-refractivity contribution in [2.24, 2.45) is 0 Å². The zero-order valence-corrected chi connectivity index (χ0v) is 9.27. The first-order chi connectivity index (χ1) is 6.74. The summed E-state index contributed by atoms with van der Waals surface area (Å²) in [4.78, 5) is 11.5. The number of hydrogen-bond acceptors (Lipinski definition) is 4. The third-order valence-corrected chi connectivity index (χ3v) is 3.11. The second-order valence-electron chi connectivity index (χ2n) is 3.46. The van der Waals surface area contributed by atoms with Gasteiger partial charge in [0.2, 0.25) is 5.91 Å². The lowest BCUT2D eigenvalue weighted by Crippen LogP contribution is -2.44. The van der Waals surface area contributed by atoms with Crippen LogP contribution in [-0.2, 0) is 4.79 Å². The summed E-state index contributed by atoms with van der Waals surface area (Å²) >= 11 is 1.72. The maximum absolute atomic E-state index is 11.5. The van der Waals surface area contributed by atoms with E-state index in [2.05, 4.69) is 10.6 Å². The van der Waals surface area contributed by atoms with Gasteiger partial charge in [0.1, 0.15) is 0 Å². The maximum atomic E-state index is 11.5. The molecule has 0 saturated carbocycles. The molecule has 1 heterocycles. The summed E-state index contributed by atoms with van der Waals surface area (Å²) in [5, 5.41) is 15.2. The summed E-state index contributed by atoms with van der Waals surface area (Å²) in [6.07, 6.45) is 1.28. The first-order valence-electron chi connectivity index (χ1n) is 5.01. The molecule has 0 radical (unpaired) electrons. The molecule has 1 saturated heterocycles. The molecule has 0 aromatic heterocycles. The Morgan fingerprint density at radius 1 is 1.79 bits per heavy atom. The van der Waals surface area contributed by atoms with Gasteiger partial charge in [0.15, 0.2) is 0 Å². The summed E-state index contributed by atoms with van der Waals surface area (Å²) in [7, 11) is 0. The molecule has 0 spiro atoms. The van der Waals surface area contributed by atoms with Crippen molar-refractivity contribution in [3.8, 4) is 0 Å². The molecule has 14 heavy (non-hydrogen) atoms. The first kappa shape index (κ1) is 11.8. The zero-order chi connectivity index (χ0) is 10.4. The normalized spacial score (nSPS) is 23.4. The number of thioether (sulfide) groups is 1. The molecule has 82 valence electrons. The molecule has 2 atom stereocenters. The number of amides is 1. The molecule has 1 aliphatic rings. The highest BCUT2D eigenvalue weighted by Gasteiger charge is 2.22. The van der Waals surface area contributed by atoms with Gasteiger partial charge in [-0.25, -0.2) is 0 Å². The van der Waals surface area contributed by atoms with E-state index in [1.807, 2.05) is 6.92 Å². The summed E-state index contributed by atoms with van der Waals surface area (Å²) in [5.41, 5.74) is 0. The molecule has 0 aliphatic carbocycles. The smallest absolute Gasteiger partial charge is 0.238 e. The van der Waals surface area contributed by atoms with E-state index < -0.39 is 6.10 Å². The fraction of sp³-hybridized carbons (Fsp3) is 0.889. The van der Waals surface area contributed by atoms with Crippen LogP contribution in [0.1, 0.15) is 19.8 Å². The SMILES string of the molecule is CCCC(O)CNC(=O)C1CSCN1. The second-order valence-corrected chi connectivity index (χ2v) is 4.49. The Hall–Kier alpha value is -0.260. The summed E-state index contributed by atoms with van der Waals surface area (Å²) in [6, 6.07) is -0.0752. The number of carbonyl (C=O) groups is 1. The largest absolute Gasteiger partial charge is 0.391 e. The fourth-order valence-corrected chi connectivity index (χ4v) is 2.28. The van der Waals surface area contributed by atoms with Crippen molar-refractivity contribution in [1.29, 1.82) is 0 Å². The molecule has 4 nitrogen and oxygen atoms in total. The van der Waals surface area contributed by atoms with Crippen molar-refractivity contribution in [3.63, 3.8) is 0 Å². The average Bonchev–Trinajstić information content (AvgIpc) is 2.67. The summed E-state index contributed by atoms with van der Waals surface area (Å²) < 4.78 is 0. The molecular weight excluding hydrogens is 200 g/mol. The van der Waals surface area contributed by atoms with E-state index in [1.54, 1.807) is 11.8 Å². The molecule has 3 N–H and O–H groups in total. The Labute approximate surface area is 88.8 Å². The van der Waals surface area contributed by atoms with Gasteiger partial charge in [-0.15, -0.1) is 11.8 Å². The molecule has 5 heteroatoms.